The average Bonchev–Trinajstić information content (AvgIpc) is 2.32. The molecule has 18 heavy (non-hydrogen) atoms. The standard InChI is InChI=1S/C14H22O4/c1-5-17-13(15)11-7-9(3)10(4)8-12(11)14(16)18-6-2/h11-12H,5-8H2,1-4H3/t11-,12-/m1/s1. The Balaban J connectivity index is 2.88. The Morgan fingerprint density at radius 1 is 0.944 bits per heavy atom. The summed E-state index contributed by atoms with van der Waals surface area (Å²) in [4.78, 5) is 23.8. The lowest BCUT2D eigenvalue weighted by Crippen LogP contribution is -2.35. The minimum Gasteiger partial charge on any atom is -0.466 e. The SMILES string of the molecule is CCOC(=O)[C@@H]1CC(C)=C(C)C[C@H]1C(=O)OCC. The van der Waals surface area contributed by atoms with E-state index in [1.54, 1.807) is 13.8 Å². The van der Waals surface area contributed by atoms with E-state index in [1.165, 1.54) is 11.1 Å². The highest BCUT2D eigenvalue weighted by atomic mass is 16.5. The molecule has 0 saturated carbocycles. The molecule has 0 aliphatic heterocycles. The Labute approximate surface area is 108 Å². The molecule has 1 aliphatic rings. The minimum absolute atomic E-state index is 0.289. The number of esters is 2. The van der Waals surface area contributed by atoms with Gasteiger partial charge in [-0.2, -0.15) is 0 Å². The second kappa shape index (κ2) is 6.57. The summed E-state index contributed by atoms with van der Waals surface area (Å²) in [6.07, 6.45) is 1.18. The van der Waals surface area contributed by atoms with Crippen LogP contribution in [0.15, 0.2) is 11.1 Å². The first-order chi connectivity index (χ1) is 8.51. The number of allylic oxidation sites excluding steroid dienone is 2. The molecule has 0 bridgehead atoms. The predicted molar refractivity (Wildman–Crippen MR) is 67.9 cm³/mol. The smallest absolute Gasteiger partial charge is 0.310 e. The van der Waals surface area contributed by atoms with Crippen LogP contribution in [-0.4, -0.2) is 25.2 Å². The number of rotatable bonds is 4. The van der Waals surface area contributed by atoms with E-state index in [2.05, 4.69) is 0 Å². The molecule has 0 aromatic carbocycles. The van der Waals surface area contributed by atoms with Crippen LogP contribution in [0.2, 0.25) is 0 Å². The quantitative estimate of drug-likeness (QED) is 0.571. The number of hydrogen-bond donors (Lipinski definition) is 0. The molecule has 0 saturated heterocycles. The molecule has 0 unspecified atom stereocenters. The van der Waals surface area contributed by atoms with Crippen molar-refractivity contribution < 1.29 is 19.1 Å². The van der Waals surface area contributed by atoms with Crippen LogP contribution in [0.25, 0.3) is 0 Å². The van der Waals surface area contributed by atoms with Gasteiger partial charge in [-0.3, -0.25) is 9.59 Å². The van der Waals surface area contributed by atoms with Crippen LogP contribution < -0.4 is 0 Å². The third-order valence-electron chi connectivity index (χ3n) is 3.45. The number of carbonyl (C=O) groups is 2. The molecule has 4 heteroatoms. The van der Waals surface area contributed by atoms with Crippen LogP contribution in [-0.2, 0) is 19.1 Å². The van der Waals surface area contributed by atoms with Gasteiger partial charge in [0.2, 0.25) is 0 Å². The molecule has 1 aliphatic carbocycles. The van der Waals surface area contributed by atoms with E-state index in [0.29, 0.717) is 26.1 Å². The average molecular weight is 254 g/mol. The van der Waals surface area contributed by atoms with Crippen LogP contribution >= 0.6 is 0 Å². The lowest BCUT2D eigenvalue weighted by molar-refractivity contribution is -0.160. The molecule has 4 nitrogen and oxygen atoms in total. The topological polar surface area (TPSA) is 52.6 Å². The van der Waals surface area contributed by atoms with E-state index in [0.717, 1.165) is 0 Å². The number of ether oxygens (including phenoxy) is 2. The molecule has 1 rings (SSSR count). The van der Waals surface area contributed by atoms with Gasteiger partial charge in [-0.15, -0.1) is 0 Å². The van der Waals surface area contributed by atoms with Gasteiger partial charge < -0.3 is 9.47 Å². The molecule has 0 N–H and O–H groups in total. The summed E-state index contributed by atoms with van der Waals surface area (Å²) in [6, 6.07) is 0. The number of hydrogen-bond acceptors (Lipinski definition) is 4. The van der Waals surface area contributed by atoms with E-state index in [4.69, 9.17) is 9.47 Å². The van der Waals surface area contributed by atoms with E-state index < -0.39 is 11.8 Å². The zero-order valence-corrected chi connectivity index (χ0v) is 11.6. The zero-order valence-electron chi connectivity index (χ0n) is 11.6. The first-order valence-corrected chi connectivity index (χ1v) is 6.49. The van der Waals surface area contributed by atoms with Crippen molar-refractivity contribution in [3.8, 4) is 0 Å². The van der Waals surface area contributed by atoms with Crippen molar-refractivity contribution in [2.75, 3.05) is 13.2 Å². The largest absolute Gasteiger partial charge is 0.466 e. The highest BCUT2D eigenvalue weighted by molar-refractivity contribution is 5.83. The molecule has 0 aromatic rings. The van der Waals surface area contributed by atoms with Gasteiger partial charge >= 0.3 is 11.9 Å². The molecule has 0 fully saturated rings. The van der Waals surface area contributed by atoms with Gasteiger partial charge in [0.05, 0.1) is 25.0 Å². The van der Waals surface area contributed by atoms with E-state index in [9.17, 15) is 9.59 Å². The predicted octanol–water partition coefficient (Wildman–Crippen LogP) is 2.48. The van der Waals surface area contributed by atoms with Gasteiger partial charge in [-0.05, 0) is 40.5 Å². The molecule has 0 aromatic heterocycles. The Hall–Kier alpha value is -1.32. The van der Waals surface area contributed by atoms with Gasteiger partial charge in [0.25, 0.3) is 0 Å². The second-order valence-electron chi connectivity index (χ2n) is 4.69. The summed E-state index contributed by atoms with van der Waals surface area (Å²) in [6.45, 7) is 8.23. The highest BCUT2D eigenvalue weighted by Crippen LogP contribution is 2.35. The fourth-order valence-corrected chi connectivity index (χ4v) is 2.29. The summed E-state index contributed by atoms with van der Waals surface area (Å²) >= 11 is 0. The molecule has 0 heterocycles. The Kier molecular flexibility index (Phi) is 5.38. The van der Waals surface area contributed by atoms with Gasteiger partial charge in [0.15, 0.2) is 0 Å². The van der Waals surface area contributed by atoms with Crippen molar-refractivity contribution in [2.24, 2.45) is 11.8 Å². The van der Waals surface area contributed by atoms with Crippen molar-refractivity contribution in [3.05, 3.63) is 11.1 Å². The fraction of sp³-hybridized carbons (Fsp3) is 0.714. The van der Waals surface area contributed by atoms with Crippen LogP contribution in [0, 0.1) is 11.8 Å². The van der Waals surface area contributed by atoms with Crippen molar-refractivity contribution in [1.82, 2.24) is 0 Å². The third-order valence-corrected chi connectivity index (χ3v) is 3.45. The lowest BCUT2D eigenvalue weighted by Gasteiger charge is -2.29. The van der Waals surface area contributed by atoms with E-state index in [1.807, 2.05) is 13.8 Å². The normalized spacial score (nSPS) is 23.8. The van der Waals surface area contributed by atoms with Crippen molar-refractivity contribution in [1.29, 1.82) is 0 Å². The van der Waals surface area contributed by atoms with Crippen molar-refractivity contribution in [3.63, 3.8) is 0 Å². The van der Waals surface area contributed by atoms with Gasteiger partial charge in [0.1, 0.15) is 0 Å². The van der Waals surface area contributed by atoms with Gasteiger partial charge in [-0.25, -0.2) is 0 Å². The van der Waals surface area contributed by atoms with Crippen LogP contribution in [0.3, 0.4) is 0 Å². The number of carbonyl (C=O) groups excluding carboxylic acids is 2. The Morgan fingerprint density at radius 3 is 1.56 bits per heavy atom. The van der Waals surface area contributed by atoms with Crippen molar-refractivity contribution in [2.45, 2.75) is 40.5 Å². The maximum Gasteiger partial charge on any atom is 0.310 e. The molecular weight excluding hydrogens is 232 g/mol. The van der Waals surface area contributed by atoms with Gasteiger partial charge in [-0.1, -0.05) is 11.1 Å². The fourth-order valence-electron chi connectivity index (χ4n) is 2.29. The summed E-state index contributed by atoms with van der Waals surface area (Å²) in [5.41, 5.74) is 2.35. The zero-order chi connectivity index (χ0) is 13.7. The molecular formula is C14H22O4. The Bertz CT molecular complexity index is 323. The summed E-state index contributed by atoms with van der Waals surface area (Å²) in [5.74, 6) is -1.37. The first kappa shape index (κ1) is 14.7. The maximum atomic E-state index is 11.9. The van der Waals surface area contributed by atoms with Crippen LogP contribution in [0.4, 0.5) is 0 Å². The second-order valence-corrected chi connectivity index (χ2v) is 4.69. The van der Waals surface area contributed by atoms with E-state index >= 15 is 0 Å². The first-order valence-electron chi connectivity index (χ1n) is 6.49. The summed E-state index contributed by atoms with van der Waals surface area (Å²) in [5, 5.41) is 0. The van der Waals surface area contributed by atoms with Crippen LogP contribution in [0.5, 0.6) is 0 Å². The molecule has 102 valence electrons. The summed E-state index contributed by atoms with van der Waals surface area (Å²) in [7, 11) is 0. The lowest BCUT2D eigenvalue weighted by atomic mass is 9.76. The van der Waals surface area contributed by atoms with Crippen LogP contribution in [0.1, 0.15) is 40.5 Å². The molecule has 0 radical (unpaired) electrons. The molecule has 0 spiro atoms. The monoisotopic (exact) mass is 254 g/mol. The molecule has 0 amide bonds. The third kappa shape index (κ3) is 3.34. The highest BCUT2D eigenvalue weighted by Gasteiger charge is 2.38. The summed E-state index contributed by atoms with van der Waals surface area (Å²) < 4.78 is 10.1. The van der Waals surface area contributed by atoms with E-state index in [-0.39, 0.29) is 11.9 Å². The van der Waals surface area contributed by atoms with Gasteiger partial charge in [0, 0.05) is 0 Å². The molecule has 2 atom stereocenters. The minimum atomic E-state index is -0.396. The maximum absolute atomic E-state index is 11.9. The van der Waals surface area contributed by atoms with Crippen molar-refractivity contribution >= 4 is 11.9 Å². The Morgan fingerprint density at radius 2 is 1.28 bits per heavy atom.